The third-order valence-corrected chi connectivity index (χ3v) is 3.68. The van der Waals surface area contributed by atoms with Gasteiger partial charge < -0.3 is 15.4 Å². The van der Waals surface area contributed by atoms with E-state index >= 15 is 0 Å². The maximum Gasteiger partial charge on any atom is 0.237 e. The van der Waals surface area contributed by atoms with Crippen molar-refractivity contribution in [3.63, 3.8) is 0 Å². The smallest absolute Gasteiger partial charge is 0.237 e. The summed E-state index contributed by atoms with van der Waals surface area (Å²) in [6.07, 6.45) is 3.57. The summed E-state index contributed by atoms with van der Waals surface area (Å²) < 4.78 is 18.4. The third kappa shape index (κ3) is 4.26. The number of pyridine rings is 1. The molecule has 1 amide bonds. The molecule has 23 heavy (non-hydrogen) atoms. The number of hydrogen-bond donors (Lipinski definition) is 2. The van der Waals surface area contributed by atoms with Crippen LogP contribution in [0.3, 0.4) is 0 Å². The van der Waals surface area contributed by atoms with Crippen LogP contribution in [0, 0.1) is 5.82 Å². The van der Waals surface area contributed by atoms with E-state index in [0.717, 1.165) is 24.9 Å². The number of hydrogen-bond acceptors (Lipinski definition) is 4. The van der Waals surface area contributed by atoms with Gasteiger partial charge in [-0.15, -0.1) is 0 Å². The fourth-order valence-corrected chi connectivity index (χ4v) is 2.42. The van der Waals surface area contributed by atoms with Gasteiger partial charge in [0.25, 0.3) is 0 Å². The van der Waals surface area contributed by atoms with Crippen molar-refractivity contribution in [3.05, 3.63) is 54.0 Å². The van der Waals surface area contributed by atoms with Gasteiger partial charge in [0.2, 0.25) is 11.8 Å². The topological polar surface area (TPSA) is 63.2 Å². The van der Waals surface area contributed by atoms with E-state index in [4.69, 9.17) is 4.74 Å². The lowest BCUT2D eigenvalue weighted by Gasteiger charge is -2.11. The molecule has 1 saturated heterocycles. The normalized spacial score (nSPS) is 17.0. The fraction of sp³-hybridized carbons (Fsp3) is 0.294. The number of nitrogens with zero attached hydrogens (tertiary/aromatic N) is 1. The highest BCUT2D eigenvalue weighted by molar-refractivity contribution is 5.81. The number of nitrogens with one attached hydrogen (secondary N) is 2. The van der Waals surface area contributed by atoms with Crippen molar-refractivity contribution in [2.75, 3.05) is 6.54 Å². The van der Waals surface area contributed by atoms with Gasteiger partial charge in [-0.1, -0.05) is 6.07 Å². The van der Waals surface area contributed by atoms with Gasteiger partial charge in [-0.25, -0.2) is 9.37 Å². The molecule has 0 bridgehead atoms. The van der Waals surface area contributed by atoms with Crippen molar-refractivity contribution >= 4 is 5.91 Å². The minimum absolute atomic E-state index is 0.0224. The molecule has 120 valence electrons. The Morgan fingerprint density at radius 2 is 2.13 bits per heavy atom. The summed E-state index contributed by atoms with van der Waals surface area (Å²) in [5.41, 5.74) is 0.891. The molecule has 2 N–H and O–H groups in total. The second kappa shape index (κ2) is 7.19. The van der Waals surface area contributed by atoms with Crippen LogP contribution in [0.4, 0.5) is 4.39 Å². The fourth-order valence-electron chi connectivity index (χ4n) is 2.42. The van der Waals surface area contributed by atoms with Crippen LogP contribution in [0.25, 0.3) is 0 Å². The van der Waals surface area contributed by atoms with Crippen molar-refractivity contribution < 1.29 is 13.9 Å². The van der Waals surface area contributed by atoms with E-state index < -0.39 is 0 Å². The van der Waals surface area contributed by atoms with Crippen LogP contribution >= 0.6 is 0 Å². The first kappa shape index (κ1) is 15.4. The molecular weight excluding hydrogens is 297 g/mol. The molecule has 0 aliphatic carbocycles. The van der Waals surface area contributed by atoms with Crippen molar-refractivity contribution in [2.45, 2.75) is 25.4 Å². The Bertz CT molecular complexity index is 653. The third-order valence-electron chi connectivity index (χ3n) is 3.68. The molecule has 3 rings (SSSR count). The Hall–Kier alpha value is -2.47. The number of aromatic nitrogens is 1. The molecule has 6 heteroatoms. The molecule has 1 aliphatic heterocycles. The number of ether oxygens (including phenoxy) is 1. The Balaban J connectivity index is 1.52. The monoisotopic (exact) mass is 315 g/mol. The minimum Gasteiger partial charge on any atom is -0.439 e. The highest BCUT2D eigenvalue weighted by Crippen LogP contribution is 2.19. The van der Waals surface area contributed by atoms with Crippen molar-refractivity contribution in [1.29, 1.82) is 0 Å². The molecule has 1 aliphatic rings. The van der Waals surface area contributed by atoms with Crippen LogP contribution in [0.2, 0.25) is 0 Å². The molecule has 0 radical (unpaired) electrons. The van der Waals surface area contributed by atoms with Crippen LogP contribution in [0.5, 0.6) is 11.6 Å². The molecule has 0 saturated carbocycles. The van der Waals surface area contributed by atoms with Crippen LogP contribution in [0.15, 0.2) is 42.6 Å². The molecule has 1 aromatic heterocycles. The van der Waals surface area contributed by atoms with Crippen LogP contribution in [0.1, 0.15) is 18.4 Å². The Morgan fingerprint density at radius 1 is 1.30 bits per heavy atom. The van der Waals surface area contributed by atoms with E-state index in [1.807, 2.05) is 6.07 Å². The lowest BCUT2D eigenvalue weighted by Crippen LogP contribution is -2.40. The maximum absolute atomic E-state index is 12.8. The molecular formula is C17H18FN3O2. The summed E-state index contributed by atoms with van der Waals surface area (Å²) in [5.74, 6) is 0.652. The number of carbonyl (C=O) groups is 1. The van der Waals surface area contributed by atoms with Gasteiger partial charge in [-0.2, -0.15) is 0 Å². The Kier molecular flexibility index (Phi) is 4.83. The summed E-state index contributed by atoms with van der Waals surface area (Å²) in [5, 5.41) is 6.05. The first-order chi connectivity index (χ1) is 11.2. The number of benzene rings is 1. The summed E-state index contributed by atoms with van der Waals surface area (Å²) in [4.78, 5) is 16.1. The zero-order valence-corrected chi connectivity index (χ0v) is 12.6. The number of amides is 1. The Morgan fingerprint density at radius 3 is 2.78 bits per heavy atom. The largest absolute Gasteiger partial charge is 0.439 e. The number of rotatable bonds is 5. The molecule has 1 fully saturated rings. The van der Waals surface area contributed by atoms with E-state index in [1.165, 1.54) is 12.1 Å². The van der Waals surface area contributed by atoms with E-state index in [2.05, 4.69) is 15.6 Å². The van der Waals surface area contributed by atoms with E-state index in [0.29, 0.717) is 18.2 Å². The second-order valence-electron chi connectivity index (χ2n) is 5.43. The zero-order valence-electron chi connectivity index (χ0n) is 12.6. The average Bonchev–Trinajstić information content (AvgIpc) is 3.11. The van der Waals surface area contributed by atoms with Gasteiger partial charge in [0.15, 0.2) is 0 Å². The maximum atomic E-state index is 12.8. The molecule has 2 aromatic rings. The quantitative estimate of drug-likeness (QED) is 0.889. The molecule has 5 nitrogen and oxygen atoms in total. The SMILES string of the molecule is O=C(NCc1ccc(Oc2ccc(F)cc2)nc1)C1CCCN1. The molecule has 1 atom stereocenters. The van der Waals surface area contributed by atoms with Crippen molar-refractivity contribution in [1.82, 2.24) is 15.6 Å². The highest BCUT2D eigenvalue weighted by atomic mass is 19.1. The number of carbonyl (C=O) groups excluding carboxylic acids is 1. The summed E-state index contributed by atoms with van der Waals surface area (Å²) in [7, 11) is 0. The van der Waals surface area contributed by atoms with E-state index in [9.17, 15) is 9.18 Å². The van der Waals surface area contributed by atoms with Gasteiger partial charge >= 0.3 is 0 Å². The van der Waals surface area contributed by atoms with Gasteiger partial charge in [-0.05, 0) is 49.2 Å². The second-order valence-corrected chi connectivity index (χ2v) is 5.43. The molecule has 1 unspecified atom stereocenters. The van der Waals surface area contributed by atoms with Gasteiger partial charge in [0.1, 0.15) is 11.6 Å². The van der Waals surface area contributed by atoms with Gasteiger partial charge in [-0.3, -0.25) is 4.79 Å². The van der Waals surface area contributed by atoms with Crippen LogP contribution in [-0.2, 0) is 11.3 Å². The van der Waals surface area contributed by atoms with E-state index in [-0.39, 0.29) is 17.8 Å². The first-order valence-corrected chi connectivity index (χ1v) is 7.60. The zero-order chi connectivity index (χ0) is 16.1. The van der Waals surface area contributed by atoms with Crippen LogP contribution in [-0.4, -0.2) is 23.5 Å². The highest BCUT2D eigenvalue weighted by Gasteiger charge is 2.21. The van der Waals surface area contributed by atoms with Crippen molar-refractivity contribution in [2.24, 2.45) is 0 Å². The van der Waals surface area contributed by atoms with Gasteiger partial charge in [0, 0.05) is 18.8 Å². The average molecular weight is 315 g/mol. The molecule has 1 aromatic carbocycles. The summed E-state index contributed by atoms with van der Waals surface area (Å²) in [6.45, 7) is 1.33. The summed E-state index contributed by atoms with van der Waals surface area (Å²) in [6, 6.07) is 9.22. The minimum atomic E-state index is -0.312. The predicted molar refractivity (Wildman–Crippen MR) is 83.6 cm³/mol. The first-order valence-electron chi connectivity index (χ1n) is 7.60. The number of halogens is 1. The molecule has 2 heterocycles. The lowest BCUT2D eigenvalue weighted by atomic mass is 10.2. The van der Waals surface area contributed by atoms with Crippen molar-refractivity contribution in [3.8, 4) is 11.6 Å². The Labute approximate surface area is 133 Å². The lowest BCUT2D eigenvalue weighted by molar-refractivity contribution is -0.122. The summed E-state index contributed by atoms with van der Waals surface area (Å²) >= 11 is 0. The predicted octanol–water partition coefficient (Wildman–Crippen LogP) is 2.38. The molecule has 0 spiro atoms. The van der Waals surface area contributed by atoms with Gasteiger partial charge in [0.05, 0.1) is 6.04 Å². The van der Waals surface area contributed by atoms with E-state index in [1.54, 1.807) is 24.4 Å². The standard InChI is InChI=1S/C17H18FN3O2/c18-13-4-6-14(7-5-13)23-16-8-3-12(10-20-16)11-21-17(22)15-2-1-9-19-15/h3-8,10,15,19H,1-2,9,11H2,(H,21,22). The van der Waals surface area contributed by atoms with Crippen LogP contribution < -0.4 is 15.4 Å².